The molecule has 1 N–H and O–H groups in total. The summed E-state index contributed by atoms with van der Waals surface area (Å²) in [7, 11) is 0. The van der Waals surface area contributed by atoms with Gasteiger partial charge in [0, 0.05) is 32.0 Å². The standard InChI is InChI=1S/C25H31FN2O2/c1-18(27-25(29)21-7-8-21)20-5-3-19(4-6-20)16-28-13-11-22-15-24(30-14-2-12-26)10-9-23(22)17-28/h3-6,9-10,15,18,21H,2,7-8,11-14,16-17H2,1H3,(H,27,29)/t18-/m0/s1. The summed E-state index contributed by atoms with van der Waals surface area (Å²) in [6.07, 6.45) is 3.50. The van der Waals surface area contributed by atoms with E-state index in [9.17, 15) is 9.18 Å². The lowest BCUT2D eigenvalue weighted by Crippen LogP contribution is -2.30. The van der Waals surface area contributed by atoms with E-state index in [4.69, 9.17) is 4.74 Å². The van der Waals surface area contributed by atoms with Crippen molar-refractivity contribution < 1.29 is 13.9 Å². The number of carbonyl (C=O) groups is 1. The molecule has 1 amide bonds. The molecule has 160 valence electrons. The highest BCUT2D eigenvalue weighted by molar-refractivity contribution is 5.81. The number of carbonyl (C=O) groups excluding carboxylic acids is 1. The second-order valence-corrected chi connectivity index (χ2v) is 8.53. The van der Waals surface area contributed by atoms with Crippen LogP contribution in [0, 0.1) is 5.92 Å². The van der Waals surface area contributed by atoms with Gasteiger partial charge in [0.15, 0.2) is 0 Å². The fourth-order valence-electron chi connectivity index (χ4n) is 3.99. The van der Waals surface area contributed by atoms with Crippen LogP contribution in [0.2, 0.25) is 0 Å². The Morgan fingerprint density at radius 3 is 2.73 bits per heavy atom. The van der Waals surface area contributed by atoms with Crippen LogP contribution in [-0.4, -0.2) is 30.6 Å². The van der Waals surface area contributed by atoms with Crippen molar-refractivity contribution in [2.45, 2.75) is 51.7 Å². The monoisotopic (exact) mass is 410 g/mol. The molecule has 2 aromatic carbocycles. The summed E-state index contributed by atoms with van der Waals surface area (Å²) >= 11 is 0. The van der Waals surface area contributed by atoms with Gasteiger partial charge in [-0.2, -0.15) is 0 Å². The SMILES string of the molecule is C[C@H](NC(=O)C1CC1)c1ccc(CN2CCc3cc(OCCCF)ccc3C2)cc1. The Kier molecular flexibility index (Phi) is 6.68. The number of halogens is 1. The van der Waals surface area contributed by atoms with Gasteiger partial charge in [-0.25, -0.2) is 0 Å². The first kappa shape index (κ1) is 20.9. The molecule has 5 heteroatoms. The number of hydrogen-bond donors (Lipinski definition) is 1. The number of alkyl halides is 1. The van der Waals surface area contributed by atoms with E-state index >= 15 is 0 Å². The summed E-state index contributed by atoms with van der Waals surface area (Å²) in [5.74, 6) is 1.27. The van der Waals surface area contributed by atoms with E-state index in [1.165, 1.54) is 16.7 Å². The van der Waals surface area contributed by atoms with Crippen LogP contribution in [-0.2, 0) is 24.3 Å². The molecule has 1 aliphatic carbocycles. The molecule has 30 heavy (non-hydrogen) atoms. The molecular weight excluding hydrogens is 379 g/mol. The van der Waals surface area contributed by atoms with Crippen molar-refractivity contribution >= 4 is 5.91 Å². The van der Waals surface area contributed by atoms with E-state index in [-0.39, 0.29) is 24.5 Å². The molecule has 4 nitrogen and oxygen atoms in total. The Morgan fingerprint density at radius 1 is 1.20 bits per heavy atom. The lowest BCUT2D eigenvalue weighted by molar-refractivity contribution is -0.122. The fraction of sp³-hybridized carbons (Fsp3) is 0.480. The molecule has 1 atom stereocenters. The number of fused-ring (bicyclic) bond motifs is 1. The van der Waals surface area contributed by atoms with Gasteiger partial charge in [0.1, 0.15) is 5.75 Å². The molecule has 1 fully saturated rings. The minimum absolute atomic E-state index is 0.0512. The van der Waals surface area contributed by atoms with Gasteiger partial charge in [-0.15, -0.1) is 0 Å². The molecule has 4 rings (SSSR count). The Labute approximate surface area is 178 Å². The molecule has 0 aromatic heterocycles. The number of rotatable bonds is 9. The second-order valence-electron chi connectivity index (χ2n) is 8.53. The quantitative estimate of drug-likeness (QED) is 0.616. The zero-order valence-corrected chi connectivity index (χ0v) is 17.7. The Hall–Kier alpha value is -2.40. The van der Waals surface area contributed by atoms with Crippen LogP contribution in [0.3, 0.4) is 0 Å². The van der Waals surface area contributed by atoms with Crippen molar-refractivity contribution in [2.24, 2.45) is 5.92 Å². The lowest BCUT2D eigenvalue weighted by Gasteiger charge is -2.29. The summed E-state index contributed by atoms with van der Waals surface area (Å²) in [4.78, 5) is 14.4. The Bertz CT molecular complexity index is 864. The van der Waals surface area contributed by atoms with Crippen LogP contribution in [0.1, 0.15) is 54.5 Å². The highest BCUT2D eigenvalue weighted by atomic mass is 19.1. The van der Waals surface area contributed by atoms with E-state index in [1.54, 1.807) is 0 Å². The maximum atomic E-state index is 12.2. The van der Waals surface area contributed by atoms with Gasteiger partial charge >= 0.3 is 0 Å². The van der Waals surface area contributed by atoms with Crippen LogP contribution in [0.25, 0.3) is 0 Å². The van der Waals surface area contributed by atoms with Gasteiger partial charge in [-0.05, 0) is 60.6 Å². The van der Waals surface area contributed by atoms with Crippen molar-refractivity contribution in [1.82, 2.24) is 10.2 Å². The molecule has 0 radical (unpaired) electrons. The molecule has 0 bridgehead atoms. The van der Waals surface area contributed by atoms with Crippen LogP contribution >= 0.6 is 0 Å². The summed E-state index contributed by atoms with van der Waals surface area (Å²) < 4.78 is 17.9. The molecule has 2 aromatic rings. The fourth-order valence-corrected chi connectivity index (χ4v) is 3.99. The second kappa shape index (κ2) is 9.61. The average molecular weight is 411 g/mol. The van der Waals surface area contributed by atoms with Crippen LogP contribution in [0.4, 0.5) is 4.39 Å². The minimum atomic E-state index is -0.338. The smallest absolute Gasteiger partial charge is 0.223 e. The first-order valence-corrected chi connectivity index (χ1v) is 11.0. The largest absolute Gasteiger partial charge is 0.493 e. The zero-order valence-electron chi connectivity index (χ0n) is 17.7. The molecule has 0 unspecified atom stereocenters. The third kappa shape index (κ3) is 5.39. The third-order valence-electron chi connectivity index (χ3n) is 6.01. The number of amides is 1. The number of benzene rings is 2. The predicted octanol–water partition coefficient (Wildman–Crippen LogP) is 4.57. The van der Waals surface area contributed by atoms with E-state index in [0.717, 1.165) is 50.2 Å². The van der Waals surface area contributed by atoms with Gasteiger partial charge in [-0.3, -0.25) is 14.1 Å². The molecule has 1 heterocycles. The number of nitrogens with one attached hydrogen (secondary N) is 1. The Morgan fingerprint density at radius 2 is 2.00 bits per heavy atom. The van der Waals surface area contributed by atoms with E-state index in [2.05, 4.69) is 46.6 Å². The molecule has 2 aliphatic rings. The highest BCUT2D eigenvalue weighted by Crippen LogP contribution is 2.30. The summed E-state index contributed by atoms with van der Waals surface area (Å²) in [6.45, 7) is 4.99. The predicted molar refractivity (Wildman–Crippen MR) is 116 cm³/mol. The van der Waals surface area contributed by atoms with Gasteiger partial charge < -0.3 is 10.1 Å². The van der Waals surface area contributed by atoms with Crippen molar-refractivity contribution in [3.05, 3.63) is 64.7 Å². The van der Waals surface area contributed by atoms with Gasteiger partial charge in [0.05, 0.1) is 19.3 Å². The van der Waals surface area contributed by atoms with Crippen LogP contribution in [0.15, 0.2) is 42.5 Å². The molecule has 1 saturated carbocycles. The average Bonchev–Trinajstić information content (AvgIpc) is 3.60. The number of hydrogen-bond acceptors (Lipinski definition) is 3. The molecule has 0 spiro atoms. The summed E-state index contributed by atoms with van der Waals surface area (Å²) in [5.41, 5.74) is 5.11. The van der Waals surface area contributed by atoms with Crippen LogP contribution in [0.5, 0.6) is 5.75 Å². The maximum absolute atomic E-state index is 12.2. The normalized spacial score (nSPS) is 17.3. The van der Waals surface area contributed by atoms with Crippen molar-refractivity contribution in [3.63, 3.8) is 0 Å². The molecular formula is C25H31FN2O2. The minimum Gasteiger partial charge on any atom is -0.493 e. The van der Waals surface area contributed by atoms with E-state index < -0.39 is 0 Å². The van der Waals surface area contributed by atoms with Crippen molar-refractivity contribution in [3.8, 4) is 5.75 Å². The first-order valence-electron chi connectivity index (χ1n) is 11.0. The van der Waals surface area contributed by atoms with E-state index in [0.29, 0.717) is 13.0 Å². The first-order chi connectivity index (χ1) is 14.6. The highest BCUT2D eigenvalue weighted by Gasteiger charge is 2.30. The zero-order chi connectivity index (χ0) is 20.9. The Balaban J connectivity index is 1.30. The van der Waals surface area contributed by atoms with Gasteiger partial charge in [0.2, 0.25) is 5.91 Å². The summed E-state index contributed by atoms with van der Waals surface area (Å²) in [5, 5.41) is 3.11. The molecule has 1 aliphatic heterocycles. The van der Waals surface area contributed by atoms with Crippen molar-refractivity contribution in [1.29, 1.82) is 0 Å². The number of nitrogens with zero attached hydrogens (tertiary/aromatic N) is 1. The maximum Gasteiger partial charge on any atom is 0.223 e. The van der Waals surface area contributed by atoms with Gasteiger partial charge in [0.25, 0.3) is 0 Å². The summed E-state index contributed by atoms with van der Waals surface area (Å²) in [6, 6.07) is 14.9. The topological polar surface area (TPSA) is 41.6 Å². The number of ether oxygens (including phenoxy) is 1. The molecule has 0 saturated heterocycles. The van der Waals surface area contributed by atoms with E-state index in [1.807, 2.05) is 13.0 Å². The third-order valence-corrected chi connectivity index (χ3v) is 6.01. The van der Waals surface area contributed by atoms with Crippen molar-refractivity contribution in [2.75, 3.05) is 19.8 Å². The van der Waals surface area contributed by atoms with Crippen LogP contribution < -0.4 is 10.1 Å². The lowest BCUT2D eigenvalue weighted by atomic mass is 9.98. The van der Waals surface area contributed by atoms with Gasteiger partial charge in [-0.1, -0.05) is 30.3 Å².